The van der Waals surface area contributed by atoms with Crippen molar-refractivity contribution in [2.24, 2.45) is 5.73 Å². The first-order valence-electron chi connectivity index (χ1n) is 4.25. The van der Waals surface area contributed by atoms with Crippen molar-refractivity contribution >= 4 is 73.5 Å². The molecule has 0 spiro atoms. The van der Waals surface area contributed by atoms with Crippen molar-refractivity contribution in [3.05, 3.63) is 0 Å². The highest BCUT2D eigenvalue weighted by Crippen LogP contribution is 2.18. The number of nitrogens with one attached hydrogen (secondary N) is 2. The molecule has 0 bridgehead atoms. The maximum atomic E-state index is 11.1. The van der Waals surface area contributed by atoms with Gasteiger partial charge in [0, 0.05) is 13.1 Å². The molecule has 1 aliphatic rings. The summed E-state index contributed by atoms with van der Waals surface area (Å²) in [5.74, 6) is 0. The topological polar surface area (TPSA) is 67.2 Å². The van der Waals surface area contributed by atoms with Gasteiger partial charge in [0.2, 0.25) is 0 Å². The van der Waals surface area contributed by atoms with Crippen molar-refractivity contribution in [3.63, 3.8) is 0 Å². The molecule has 4 N–H and O–H groups in total. The molecule has 0 aromatic heterocycles. The van der Waals surface area contributed by atoms with Gasteiger partial charge in [-0.2, -0.15) is 0 Å². The number of hydrogen-bond donors (Lipinski definition) is 3. The molecule has 94 valence electrons. The number of carbonyl (C=O) groups excluding carboxylic acids is 1. The first-order valence-corrected chi connectivity index (χ1v) is 6.70. The smallest absolute Gasteiger partial charge is 0.259 e. The van der Waals surface area contributed by atoms with Gasteiger partial charge in [-0.25, -0.2) is 0 Å². The molecular formula is C7H14ClN3OS4. The fourth-order valence-electron chi connectivity index (χ4n) is 0.574. The lowest BCUT2D eigenvalue weighted by Gasteiger charge is -2.02. The third-order valence-corrected chi connectivity index (χ3v) is 3.30. The zero-order chi connectivity index (χ0) is 11.7. The van der Waals surface area contributed by atoms with Gasteiger partial charge in [-0.15, -0.1) is 12.4 Å². The Morgan fingerprint density at radius 2 is 1.56 bits per heavy atom. The van der Waals surface area contributed by atoms with E-state index in [1.807, 2.05) is 6.92 Å². The Labute approximate surface area is 121 Å². The van der Waals surface area contributed by atoms with Crippen LogP contribution in [0.4, 0.5) is 4.79 Å². The quantitative estimate of drug-likeness (QED) is 0.583. The van der Waals surface area contributed by atoms with E-state index < -0.39 is 0 Å². The largest absolute Gasteiger partial charge is 0.369 e. The van der Waals surface area contributed by atoms with Crippen LogP contribution in [0.25, 0.3) is 0 Å². The van der Waals surface area contributed by atoms with Gasteiger partial charge in [-0.1, -0.05) is 31.4 Å². The van der Waals surface area contributed by atoms with Gasteiger partial charge in [0.1, 0.15) is 8.64 Å². The SMILES string of the molecule is CCN.Cl.O=C1SC(=S)NCCNC(=S)S1. The third-order valence-electron chi connectivity index (χ3n) is 1.02. The van der Waals surface area contributed by atoms with Crippen molar-refractivity contribution in [2.75, 3.05) is 19.6 Å². The average Bonchev–Trinajstić information content (AvgIpc) is 2.18. The van der Waals surface area contributed by atoms with E-state index in [-0.39, 0.29) is 16.9 Å². The first-order chi connectivity index (χ1) is 7.10. The van der Waals surface area contributed by atoms with Gasteiger partial charge in [0.15, 0.2) is 0 Å². The van der Waals surface area contributed by atoms with Crippen LogP contribution in [-0.2, 0) is 0 Å². The monoisotopic (exact) mass is 319 g/mol. The summed E-state index contributed by atoms with van der Waals surface area (Å²) < 4.78 is 0.935. The van der Waals surface area contributed by atoms with Crippen LogP contribution in [0.5, 0.6) is 0 Å². The summed E-state index contributed by atoms with van der Waals surface area (Å²) in [5.41, 5.74) is 4.85. The van der Waals surface area contributed by atoms with Gasteiger partial charge in [0.25, 0.3) is 4.45 Å². The fourth-order valence-corrected chi connectivity index (χ4v) is 2.87. The van der Waals surface area contributed by atoms with E-state index in [1.54, 1.807) is 0 Å². The molecule has 9 heteroatoms. The molecular weight excluding hydrogens is 306 g/mol. The van der Waals surface area contributed by atoms with E-state index in [2.05, 4.69) is 10.6 Å². The summed E-state index contributed by atoms with van der Waals surface area (Å²) in [7, 11) is 0. The van der Waals surface area contributed by atoms with Crippen LogP contribution in [0, 0.1) is 0 Å². The van der Waals surface area contributed by atoms with Crippen LogP contribution >= 0.6 is 60.4 Å². The van der Waals surface area contributed by atoms with Gasteiger partial charge in [-0.05, 0) is 30.1 Å². The van der Waals surface area contributed by atoms with Gasteiger partial charge in [0.05, 0.1) is 0 Å². The van der Waals surface area contributed by atoms with Crippen LogP contribution in [0.15, 0.2) is 0 Å². The Hall–Kier alpha value is 0.400. The van der Waals surface area contributed by atoms with Crippen molar-refractivity contribution in [3.8, 4) is 0 Å². The Morgan fingerprint density at radius 3 is 1.88 bits per heavy atom. The highest BCUT2D eigenvalue weighted by molar-refractivity contribution is 8.53. The Morgan fingerprint density at radius 1 is 1.25 bits per heavy atom. The maximum Gasteiger partial charge on any atom is 0.259 e. The fraction of sp³-hybridized carbons (Fsp3) is 0.571. The zero-order valence-electron chi connectivity index (χ0n) is 8.65. The van der Waals surface area contributed by atoms with Crippen LogP contribution in [0.3, 0.4) is 0 Å². The van der Waals surface area contributed by atoms with Crippen molar-refractivity contribution in [1.82, 2.24) is 10.6 Å². The summed E-state index contributed by atoms with van der Waals surface area (Å²) in [5, 5.41) is 5.83. The Bertz CT molecular complexity index is 230. The number of thioether (sulfide) groups is 2. The molecule has 0 saturated carbocycles. The number of nitrogens with two attached hydrogens (primary N) is 1. The number of hydrogen-bond acceptors (Lipinski definition) is 6. The third kappa shape index (κ3) is 10.9. The Balaban J connectivity index is 0. The van der Waals surface area contributed by atoms with E-state index in [0.29, 0.717) is 21.7 Å². The molecule has 4 nitrogen and oxygen atoms in total. The summed E-state index contributed by atoms with van der Waals surface area (Å²) in [6.07, 6.45) is 0. The minimum Gasteiger partial charge on any atom is -0.369 e. The second-order valence-electron chi connectivity index (χ2n) is 2.29. The normalized spacial score (nSPS) is 16.2. The summed E-state index contributed by atoms with van der Waals surface area (Å²) in [4.78, 5) is 11.1. The van der Waals surface area contributed by atoms with Crippen LogP contribution < -0.4 is 16.4 Å². The van der Waals surface area contributed by atoms with Gasteiger partial charge in [-0.3, -0.25) is 4.79 Å². The lowest BCUT2D eigenvalue weighted by molar-refractivity contribution is 0.277. The number of carbonyl (C=O) groups is 1. The lowest BCUT2D eigenvalue weighted by Crippen LogP contribution is -2.29. The highest BCUT2D eigenvalue weighted by atomic mass is 35.5. The lowest BCUT2D eigenvalue weighted by atomic mass is 10.6. The second-order valence-corrected chi connectivity index (χ2v) is 5.85. The molecule has 1 heterocycles. The molecule has 0 aromatic rings. The summed E-state index contributed by atoms with van der Waals surface area (Å²) in [6, 6.07) is 0. The maximum absolute atomic E-state index is 11.1. The van der Waals surface area contributed by atoms with Gasteiger partial charge >= 0.3 is 0 Å². The number of rotatable bonds is 0. The summed E-state index contributed by atoms with van der Waals surface area (Å²) >= 11 is 11.8. The van der Waals surface area contributed by atoms with Crippen LogP contribution in [0.2, 0.25) is 0 Å². The van der Waals surface area contributed by atoms with E-state index >= 15 is 0 Å². The molecule has 1 saturated heterocycles. The predicted octanol–water partition coefficient (Wildman–Crippen LogP) is 1.72. The molecule has 0 atom stereocenters. The molecule has 0 aliphatic carbocycles. The molecule has 16 heavy (non-hydrogen) atoms. The molecule has 1 fully saturated rings. The van der Waals surface area contributed by atoms with E-state index in [0.717, 1.165) is 30.1 Å². The van der Waals surface area contributed by atoms with Crippen molar-refractivity contribution in [1.29, 1.82) is 0 Å². The molecule has 0 aromatic carbocycles. The predicted molar refractivity (Wildman–Crippen MR) is 83.8 cm³/mol. The average molecular weight is 320 g/mol. The number of thiocarbonyl (C=S) groups is 2. The molecule has 0 radical (unpaired) electrons. The van der Waals surface area contributed by atoms with Crippen LogP contribution in [0.1, 0.15) is 6.92 Å². The molecule has 1 aliphatic heterocycles. The van der Waals surface area contributed by atoms with Crippen molar-refractivity contribution in [2.45, 2.75) is 6.92 Å². The second kappa shape index (κ2) is 11.9. The number of halogens is 1. The standard InChI is InChI=1S/C5H6N2OS4.C2H7N.ClH/c8-5-11-3(9)6-1-2-7-4(10)12-5;1-2-3;/h1-2H2,(H,6,9)(H,7,10);2-3H2,1H3;1H. The first kappa shape index (κ1) is 18.8. The molecule has 0 amide bonds. The van der Waals surface area contributed by atoms with Crippen LogP contribution in [-0.4, -0.2) is 32.7 Å². The van der Waals surface area contributed by atoms with Crippen molar-refractivity contribution < 1.29 is 4.79 Å². The molecule has 1 rings (SSSR count). The minimum atomic E-state index is -0.0908. The van der Waals surface area contributed by atoms with Gasteiger partial charge < -0.3 is 16.4 Å². The molecule has 0 unspecified atom stereocenters. The highest BCUT2D eigenvalue weighted by Gasteiger charge is 2.12. The summed E-state index contributed by atoms with van der Waals surface area (Å²) in [6.45, 7) is 4.04. The van der Waals surface area contributed by atoms with E-state index in [4.69, 9.17) is 30.2 Å². The Kier molecular flexibility index (Phi) is 13.9. The van der Waals surface area contributed by atoms with E-state index in [1.165, 1.54) is 0 Å². The van der Waals surface area contributed by atoms with E-state index in [9.17, 15) is 4.79 Å². The minimum absolute atomic E-state index is 0. The zero-order valence-corrected chi connectivity index (χ0v) is 12.7.